The summed E-state index contributed by atoms with van der Waals surface area (Å²) in [6, 6.07) is 5.05. The van der Waals surface area contributed by atoms with E-state index in [2.05, 4.69) is 11.9 Å². The first-order chi connectivity index (χ1) is 6.16. The number of benzene rings is 1. The van der Waals surface area contributed by atoms with Crippen LogP contribution in [0, 0.1) is 0 Å². The molecule has 2 N–H and O–H groups in total. The molecule has 2 rings (SSSR count). The summed E-state index contributed by atoms with van der Waals surface area (Å²) in [6.07, 6.45) is 0.719. The lowest BCUT2D eigenvalue weighted by Crippen LogP contribution is -1.96. The zero-order valence-electron chi connectivity index (χ0n) is 7.00. The number of carbonyl (C=O) groups is 1. The van der Waals surface area contributed by atoms with E-state index in [0.29, 0.717) is 5.56 Å². The second-order valence-corrected chi connectivity index (χ2v) is 3.08. The van der Waals surface area contributed by atoms with Gasteiger partial charge in [0.05, 0.1) is 5.56 Å². The lowest BCUT2D eigenvalue weighted by molar-refractivity contribution is 0.0697. The van der Waals surface area contributed by atoms with Gasteiger partial charge >= 0.3 is 5.97 Å². The van der Waals surface area contributed by atoms with Crippen molar-refractivity contribution in [3.63, 3.8) is 0 Å². The maximum Gasteiger partial charge on any atom is 0.335 e. The summed E-state index contributed by atoms with van der Waals surface area (Å²) in [5.74, 6) is -0.889. The van der Waals surface area contributed by atoms with Crippen LogP contribution in [0.5, 0.6) is 0 Å². The molecule has 1 aliphatic rings. The number of anilines is 1. The van der Waals surface area contributed by atoms with Gasteiger partial charge < -0.3 is 10.4 Å². The molecule has 0 fully saturated rings. The Labute approximate surface area is 75.7 Å². The van der Waals surface area contributed by atoms with Crippen molar-refractivity contribution in [1.29, 1.82) is 0 Å². The number of aromatic carboxylic acids is 1. The summed E-state index contributed by atoms with van der Waals surface area (Å²) in [4.78, 5) is 10.6. The maximum absolute atomic E-state index is 10.6. The number of carboxylic acids is 1. The van der Waals surface area contributed by atoms with Crippen molar-refractivity contribution in [3.8, 4) is 0 Å². The molecule has 1 aliphatic heterocycles. The predicted molar refractivity (Wildman–Crippen MR) is 49.9 cm³/mol. The first-order valence-corrected chi connectivity index (χ1v) is 3.98. The van der Waals surface area contributed by atoms with Gasteiger partial charge in [0.25, 0.3) is 0 Å². The lowest BCUT2D eigenvalue weighted by Gasteiger charge is -1.99. The molecule has 0 saturated heterocycles. The van der Waals surface area contributed by atoms with Crippen molar-refractivity contribution in [2.45, 2.75) is 6.42 Å². The smallest absolute Gasteiger partial charge is 0.335 e. The van der Waals surface area contributed by atoms with E-state index < -0.39 is 5.97 Å². The third kappa shape index (κ3) is 1.28. The first kappa shape index (κ1) is 7.86. The Kier molecular flexibility index (Phi) is 1.59. The normalized spacial score (nSPS) is 13.7. The molecule has 3 nitrogen and oxygen atoms in total. The van der Waals surface area contributed by atoms with Gasteiger partial charge in [-0.1, -0.05) is 6.58 Å². The Morgan fingerprint density at radius 1 is 1.54 bits per heavy atom. The predicted octanol–water partition coefficient (Wildman–Crippen LogP) is 1.87. The fourth-order valence-electron chi connectivity index (χ4n) is 1.46. The molecule has 0 spiro atoms. The van der Waals surface area contributed by atoms with E-state index in [1.54, 1.807) is 18.2 Å². The molecular weight excluding hydrogens is 166 g/mol. The Balaban J connectivity index is 2.45. The van der Waals surface area contributed by atoms with Gasteiger partial charge in [-0.3, -0.25) is 0 Å². The Morgan fingerprint density at radius 3 is 3.00 bits per heavy atom. The molecule has 66 valence electrons. The molecule has 1 heterocycles. The Morgan fingerprint density at radius 2 is 2.31 bits per heavy atom. The van der Waals surface area contributed by atoms with Crippen LogP contribution in [0.4, 0.5) is 5.69 Å². The van der Waals surface area contributed by atoms with E-state index in [1.807, 2.05) is 0 Å². The van der Waals surface area contributed by atoms with Crippen LogP contribution in [0.2, 0.25) is 0 Å². The zero-order valence-corrected chi connectivity index (χ0v) is 7.00. The van der Waals surface area contributed by atoms with Gasteiger partial charge in [-0.15, -0.1) is 0 Å². The maximum atomic E-state index is 10.6. The Bertz CT molecular complexity index is 396. The molecule has 0 unspecified atom stereocenters. The highest BCUT2D eigenvalue weighted by Gasteiger charge is 2.14. The molecule has 13 heavy (non-hydrogen) atoms. The van der Waals surface area contributed by atoms with Crippen molar-refractivity contribution in [1.82, 2.24) is 0 Å². The first-order valence-electron chi connectivity index (χ1n) is 3.98. The van der Waals surface area contributed by atoms with Crippen LogP contribution in [-0.2, 0) is 6.42 Å². The van der Waals surface area contributed by atoms with Crippen molar-refractivity contribution >= 4 is 11.7 Å². The van der Waals surface area contributed by atoms with Crippen LogP contribution >= 0.6 is 0 Å². The molecular formula is C10H9NO2. The molecule has 3 heteroatoms. The second-order valence-electron chi connectivity index (χ2n) is 3.08. The highest BCUT2D eigenvalue weighted by atomic mass is 16.4. The molecule has 0 radical (unpaired) electrons. The fraction of sp³-hybridized carbons (Fsp3) is 0.100. The van der Waals surface area contributed by atoms with E-state index in [1.165, 1.54) is 0 Å². The summed E-state index contributed by atoms with van der Waals surface area (Å²) in [5, 5.41) is 11.8. The van der Waals surface area contributed by atoms with Crippen LogP contribution in [0.1, 0.15) is 15.9 Å². The summed E-state index contributed by atoms with van der Waals surface area (Å²) in [6.45, 7) is 3.78. The quantitative estimate of drug-likeness (QED) is 0.685. The molecule has 0 amide bonds. The largest absolute Gasteiger partial charge is 0.478 e. The van der Waals surface area contributed by atoms with Crippen LogP contribution in [-0.4, -0.2) is 11.1 Å². The zero-order chi connectivity index (χ0) is 9.42. The van der Waals surface area contributed by atoms with Crippen molar-refractivity contribution in [3.05, 3.63) is 41.6 Å². The Hall–Kier alpha value is -1.77. The van der Waals surface area contributed by atoms with Crippen LogP contribution in [0.25, 0.3) is 0 Å². The van der Waals surface area contributed by atoms with E-state index in [9.17, 15) is 4.79 Å². The fourth-order valence-corrected chi connectivity index (χ4v) is 1.46. The average Bonchev–Trinajstić information content (AvgIpc) is 2.42. The van der Waals surface area contributed by atoms with Gasteiger partial charge in [-0.05, 0) is 23.8 Å². The summed E-state index contributed by atoms with van der Waals surface area (Å²) in [7, 11) is 0. The third-order valence-corrected chi connectivity index (χ3v) is 2.07. The SMILES string of the molecule is C=C1Cc2cc(C(=O)O)ccc2N1. The number of fused-ring (bicyclic) bond motifs is 1. The van der Waals surface area contributed by atoms with E-state index >= 15 is 0 Å². The van der Waals surface area contributed by atoms with E-state index in [0.717, 1.165) is 23.4 Å². The van der Waals surface area contributed by atoms with Gasteiger partial charge in [-0.25, -0.2) is 4.79 Å². The monoisotopic (exact) mass is 175 g/mol. The van der Waals surface area contributed by atoms with Gasteiger partial charge in [0, 0.05) is 17.8 Å². The van der Waals surface area contributed by atoms with Gasteiger partial charge in [0.15, 0.2) is 0 Å². The minimum atomic E-state index is -0.889. The molecule has 0 aliphatic carbocycles. The molecule has 0 atom stereocenters. The highest BCUT2D eigenvalue weighted by Crippen LogP contribution is 2.27. The second kappa shape index (κ2) is 2.62. The van der Waals surface area contributed by atoms with Crippen LogP contribution in [0.3, 0.4) is 0 Å². The minimum Gasteiger partial charge on any atom is -0.478 e. The summed E-state index contributed by atoms with van der Waals surface area (Å²) >= 11 is 0. The van der Waals surface area contributed by atoms with Crippen molar-refractivity contribution in [2.24, 2.45) is 0 Å². The number of allylic oxidation sites excluding steroid dienone is 1. The molecule has 0 bridgehead atoms. The topological polar surface area (TPSA) is 49.3 Å². The number of hydrogen-bond acceptors (Lipinski definition) is 2. The van der Waals surface area contributed by atoms with Gasteiger partial charge in [0.1, 0.15) is 0 Å². The van der Waals surface area contributed by atoms with E-state index in [4.69, 9.17) is 5.11 Å². The molecule has 0 aromatic heterocycles. The van der Waals surface area contributed by atoms with Gasteiger partial charge in [0.2, 0.25) is 0 Å². The molecule has 1 aromatic rings. The van der Waals surface area contributed by atoms with Crippen molar-refractivity contribution < 1.29 is 9.90 Å². The number of nitrogens with one attached hydrogen (secondary N) is 1. The number of carboxylic acid groups (broad SMARTS) is 1. The number of hydrogen-bond donors (Lipinski definition) is 2. The van der Waals surface area contributed by atoms with Crippen molar-refractivity contribution in [2.75, 3.05) is 5.32 Å². The van der Waals surface area contributed by atoms with Gasteiger partial charge in [-0.2, -0.15) is 0 Å². The molecule has 0 saturated carbocycles. The average molecular weight is 175 g/mol. The van der Waals surface area contributed by atoms with Crippen LogP contribution < -0.4 is 5.32 Å². The standard InChI is InChI=1S/C10H9NO2/c1-6-4-8-5-7(10(12)13)2-3-9(8)11-6/h2-3,5,11H,1,4H2,(H,12,13). The molecule has 1 aromatic carbocycles. The summed E-state index contributed by atoms with van der Waals surface area (Å²) in [5.41, 5.74) is 3.22. The third-order valence-electron chi connectivity index (χ3n) is 2.07. The summed E-state index contributed by atoms with van der Waals surface area (Å²) < 4.78 is 0. The lowest BCUT2D eigenvalue weighted by atomic mass is 10.1. The van der Waals surface area contributed by atoms with Crippen LogP contribution in [0.15, 0.2) is 30.5 Å². The number of rotatable bonds is 1. The van der Waals surface area contributed by atoms with E-state index in [-0.39, 0.29) is 0 Å². The minimum absolute atomic E-state index is 0.329. The highest BCUT2D eigenvalue weighted by molar-refractivity contribution is 5.89.